The van der Waals surface area contributed by atoms with E-state index >= 15 is 0 Å². The van der Waals surface area contributed by atoms with Gasteiger partial charge in [0, 0.05) is 37.7 Å². The van der Waals surface area contributed by atoms with Crippen molar-refractivity contribution in [1.82, 2.24) is 20.9 Å². The molecule has 0 saturated carbocycles. The van der Waals surface area contributed by atoms with E-state index in [0.29, 0.717) is 31.7 Å². The van der Waals surface area contributed by atoms with Crippen LogP contribution in [0.3, 0.4) is 0 Å². The van der Waals surface area contributed by atoms with Gasteiger partial charge < -0.3 is 20.9 Å². The molecule has 1 aromatic rings. The second-order valence-corrected chi connectivity index (χ2v) is 5.95. The summed E-state index contributed by atoms with van der Waals surface area (Å²) in [7, 11) is 1.81. The number of hydrogen-bond acceptors (Lipinski definition) is 4. The molecule has 7 heteroatoms. The molecule has 2 rings (SSSR count). The number of nitrogens with one attached hydrogen (secondary N) is 3. The molecule has 3 amide bonds. The molecule has 1 saturated heterocycles. The summed E-state index contributed by atoms with van der Waals surface area (Å²) in [5.74, 6) is -0.391. The lowest BCUT2D eigenvalue weighted by atomic mass is 10.1. The van der Waals surface area contributed by atoms with E-state index in [9.17, 15) is 14.4 Å². The third-order valence-electron chi connectivity index (χ3n) is 3.95. The molecule has 3 N–H and O–H groups in total. The van der Waals surface area contributed by atoms with Crippen molar-refractivity contribution >= 4 is 17.7 Å². The lowest BCUT2D eigenvalue weighted by Gasteiger charge is -2.26. The van der Waals surface area contributed by atoms with E-state index in [1.54, 1.807) is 12.1 Å². The van der Waals surface area contributed by atoms with Gasteiger partial charge >= 0.3 is 0 Å². The quantitative estimate of drug-likeness (QED) is 0.669. The highest BCUT2D eigenvalue weighted by Gasteiger charge is 2.22. The fourth-order valence-corrected chi connectivity index (χ4v) is 2.52. The van der Waals surface area contributed by atoms with Crippen LogP contribution >= 0.6 is 0 Å². The first-order valence-corrected chi connectivity index (χ1v) is 8.08. The van der Waals surface area contributed by atoms with Gasteiger partial charge in [0.25, 0.3) is 5.91 Å². The van der Waals surface area contributed by atoms with Gasteiger partial charge in [0.05, 0.1) is 6.54 Å². The van der Waals surface area contributed by atoms with E-state index in [-0.39, 0.29) is 30.2 Å². The zero-order valence-corrected chi connectivity index (χ0v) is 14.1. The monoisotopic (exact) mass is 332 g/mol. The molecule has 7 nitrogen and oxygen atoms in total. The lowest BCUT2D eigenvalue weighted by Crippen LogP contribution is -2.49. The molecule has 1 atom stereocenters. The van der Waals surface area contributed by atoms with Gasteiger partial charge in [0.1, 0.15) is 0 Å². The maximum absolute atomic E-state index is 12.4. The Bertz CT molecular complexity index is 600. The van der Waals surface area contributed by atoms with Crippen LogP contribution in [0.15, 0.2) is 24.3 Å². The van der Waals surface area contributed by atoms with Gasteiger partial charge in [-0.3, -0.25) is 14.4 Å². The summed E-state index contributed by atoms with van der Waals surface area (Å²) in [6.45, 7) is 4.02. The Morgan fingerprint density at radius 2 is 2.00 bits per heavy atom. The van der Waals surface area contributed by atoms with Gasteiger partial charge in [-0.1, -0.05) is 19.1 Å². The molecule has 1 aromatic carbocycles. The molecule has 1 fully saturated rings. The van der Waals surface area contributed by atoms with E-state index in [4.69, 9.17) is 0 Å². The highest BCUT2D eigenvalue weighted by molar-refractivity contribution is 5.97. The maximum Gasteiger partial charge on any atom is 0.254 e. The fraction of sp³-hybridized carbons (Fsp3) is 0.471. The van der Waals surface area contributed by atoms with Crippen LogP contribution in [0, 0.1) is 5.92 Å². The summed E-state index contributed by atoms with van der Waals surface area (Å²) in [6, 6.07) is 7.10. The fourth-order valence-electron chi connectivity index (χ4n) is 2.52. The van der Waals surface area contributed by atoms with Gasteiger partial charge in [-0.2, -0.15) is 0 Å². The number of rotatable bonds is 6. The molecular formula is C17H24N4O3. The number of amides is 3. The first-order chi connectivity index (χ1) is 11.5. The van der Waals surface area contributed by atoms with Crippen LogP contribution < -0.4 is 16.0 Å². The Labute approximate surface area is 141 Å². The third-order valence-corrected chi connectivity index (χ3v) is 3.95. The van der Waals surface area contributed by atoms with Gasteiger partial charge in [-0.05, 0) is 24.7 Å². The number of hydrogen-bond donors (Lipinski definition) is 3. The normalized spacial score (nSPS) is 15.6. The molecule has 0 aliphatic carbocycles. The van der Waals surface area contributed by atoms with E-state index in [0.717, 1.165) is 5.56 Å². The molecule has 1 heterocycles. The molecule has 0 spiro atoms. The SMILES string of the molecule is CNCC(C)C(=O)NCc1ccc(C(=O)N2CCNC(=O)C2)cc1. The second kappa shape index (κ2) is 8.44. The highest BCUT2D eigenvalue weighted by atomic mass is 16.2. The Hall–Kier alpha value is -2.41. The summed E-state index contributed by atoms with van der Waals surface area (Å²) >= 11 is 0. The van der Waals surface area contributed by atoms with Crippen molar-refractivity contribution < 1.29 is 14.4 Å². The number of nitrogens with zero attached hydrogens (tertiary/aromatic N) is 1. The average Bonchev–Trinajstić information content (AvgIpc) is 2.59. The minimum atomic E-state index is -0.150. The van der Waals surface area contributed by atoms with Crippen LogP contribution in [-0.4, -0.2) is 55.8 Å². The number of benzene rings is 1. The minimum Gasteiger partial charge on any atom is -0.353 e. The van der Waals surface area contributed by atoms with Crippen LogP contribution in [-0.2, 0) is 16.1 Å². The van der Waals surface area contributed by atoms with Crippen molar-refractivity contribution in [3.8, 4) is 0 Å². The Balaban J connectivity index is 1.89. The van der Waals surface area contributed by atoms with Gasteiger partial charge in [-0.25, -0.2) is 0 Å². The molecule has 1 aliphatic heterocycles. The molecule has 0 bridgehead atoms. The third kappa shape index (κ3) is 4.79. The molecule has 0 radical (unpaired) electrons. The van der Waals surface area contributed by atoms with Crippen LogP contribution in [0.5, 0.6) is 0 Å². The van der Waals surface area contributed by atoms with E-state index < -0.39 is 0 Å². The number of carbonyl (C=O) groups is 3. The Morgan fingerprint density at radius 3 is 2.62 bits per heavy atom. The molecular weight excluding hydrogens is 308 g/mol. The summed E-state index contributed by atoms with van der Waals surface area (Å²) in [6.07, 6.45) is 0. The largest absolute Gasteiger partial charge is 0.353 e. The van der Waals surface area contributed by atoms with Gasteiger partial charge in [0.2, 0.25) is 11.8 Å². The molecule has 1 unspecified atom stereocenters. The van der Waals surface area contributed by atoms with Crippen LogP contribution in [0.4, 0.5) is 0 Å². The van der Waals surface area contributed by atoms with Crippen molar-refractivity contribution in [1.29, 1.82) is 0 Å². The lowest BCUT2D eigenvalue weighted by molar-refractivity contribution is -0.124. The molecule has 130 valence electrons. The smallest absolute Gasteiger partial charge is 0.254 e. The van der Waals surface area contributed by atoms with Crippen molar-refractivity contribution in [2.75, 3.05) is 33.2 Å². The van der Waals surface area contributed by atoms with E-state index in [1.165, 1.54) is 4.90 Å². The standard InChI is InChI=1S/C17H24N4O3/c1-12(9-18-2)16(23)20-10-13-3-5-14(6-4-13)17(24)21-8-7-19-15(22)11-21/h3-6,12,18H,7-11H2,1-2H3,(H,19,22)(H,20,23). The predicted molar refractivity (Wildman–Crippen MR) is 90.3 cm³/mol. The van der Waals surface area contributed by atoms with Crippen LogP contribution in [0.2, 0.25) is 0 Å². The van der Waals surface area contributed by atoms with Gasteiger partial charge in [0.15, 0.2) is 0 Å². The predicted octanol–water partition coefficient (Wildman–Crippen LogP) is -0.270. The van der Waals surface area contributed by atoms with E-state index in [1.807, 2.05) is 26.1 Å². The number of carbonyl (C=O) groups excluding carboxylic acids is 3. The molecule has 24 heavy (non-hydrogen) atoms. The molecule has 1 aliphatic rings. The Morgan fingerprint density at radius 1 is 1.29 bits per heavy atom. The maximum atomic E-state index is 12.4. The summed E-state index contributed by atoms with van der Waals surface area (Å²) in [5.41, 5.74) is 1.47. The first kappa shape index (κ1) is 17.9. The topological polar surface area (TPSA) is 90.5 Å². The zero-order valence-electron chi connectivity index (χ0n) is 14.1. The van der Waals surface area contributed by atoms with Crippen LogP contribution in [0.25, 0.3) is 0 Å². The highest BCUT2D eigenvalue weighted by Crippen LogP contribution is 2.09. The second-order valence-electron chi connectivity index (χ2n) is 5.95. The minimum absolute atomic E-state index is 0.0103. The Kier molecular flexibility index (Phi) is 6.31. The summed E-state index contributed by atoms with van der Waals surface area (Å²) in [4.78, 5) is 37.1. The average molecular weight is 332 g/mol. The first-order valence-electron chi connectivity index (χ1n) is 8.08. The van der Waals surface area contributed by atoms with E-state index in [2.05, 4.69) is 16.0 Å². The van der Waals surface area contributed by atoms with Gasteiger partial charge in [-0.15, -0.1) is 0 Å². The van der Waals surface area contributed by atoms with Crippen molar-refractivity contribution in [3.63, 3.8) is 0 Å². The molecule has 0 aromatic heterocycles. The van der Waals surface area contributed by atoms with Crippen molar-refractivity contribution in [2.45, 2.75) is 13.5 Å². The summed E-state index contributed by atoms with van der Waals surface area (Å²) in [5, 5.41) is 8.54. The number of piperazine rings is 1. The summed E-state index contributed by atoms with van der Waals surface area (Å²) < 4.78 is 0. The zero-order chi connectivity index (χ0) is 17.5. The van der Waals surface area contributed by atoms with Crippen molar-refractivity contribution in [3.05, 3.63) is 35.4 Å². The van der Waals surface area contributed by atoms with Crippen molar-refractivity contribution in [2.24, 2.45) is 5.92 Å². The van der Waals surface area contributed by atoms with Crippen LogP contribution in [0.1, 0.15) is 22.8 Å².